The summed E-state index contributed by atoms with van der Waals surface area (Å²) < 4.78 is 5.95. The zero-order valence-electron chi connectivity index (χ0n) is 9.21. The van der Waals surface area contributed by atoms with Gasteiger partial charge < -0.3 is 4.42 Å². The lowest BCUT2D eigenvalue weighted by Crippen LogP contribution is -1.83. The minimum Gasteiger partial charge on any atom is -0.460 e. The van der Waals surface area contributed by atoms with Crippen LogP contribution in [0.4, 0.5) is 0 Å². The minimum atomic E-state index is 0.964. The topological polar surface area (TPSA) is 13.1 Å². The number of rotatable bonds is 0. The Morgan fingerprint density at radius 2 is 2.00 bits per heavy atom. The molecule has 1 heterocycles. The Morgan fingerprint density at radius 1 is 1.12 bits per heavy atom. The van der Waals surface area contributed by atoms with E-state index in [4.69, 9.17) is 4.42 Å². The van der Waals surface area contributed by atoms with E-state index in [0.29, 0.717) is 0 Å². The summed E-state index contributed by atoms with van der Waals surface area (Å²) in [5.74, 6) is 2.26. The van der Waals surface area contributed by atoms with Crippen molar-refractivity contribution >= 4 is 6.08 Å². The van der Waals surface area contributed by atoms with Gasteiger partial charge in [-0.2, -0.15) is 0 Å². The highest BCUT2D eigenvalue weighted by atomic mass is 16.3. The van der Waals surface area contributed by atoms with Crippen LogP contribution in [0.5, 0.6) is 0 Å². The number of allylic oxidation sites excluding steroid dienone is 1. The standard InChI is InChI=1S/C15H12O/c1-9-6-12-13(7-9)16-14-8-10-4-2-3-5-11(10)15(12)14/h2-5,7H,6,8H2,1H3. The number of hydrogen-bond donors (Lipinski definition) is 0. The highest BCUT2D eigenvalue weighted by Crippen LogP contribution is 2.45. The Balaban J connectivity index is 2.00. The van der Waals surface area contributed by atoms with Crippen LogP contribution >= 0.6 is 0 Å². The van der Waals surface area contributed by atoms with Crippen LogP contribution in [0.1, 0.15) is 29.6 Å². The van der Waals surface area contributed by atoms with Crippen molar-refractivity contribution in [3.63, 3.8) is 0 Å². The Bertz CT molecular complexity index is 629. The van der Waals surface area contributed by atoms with Crippen molar-refractivity contribution in [3.8, 4) is 11.1 Å². The lowest BCUT2D eigenvalue weighted by molar-refractivity contribution is 0.516. The molecule has 0 saturated carbocycles. The van der Waals surface area contributed by atoms with Gasteiger partial charge in [0.05, 0.1) is 0 Å². The zero-order chi connectivity index (χ0) is 10.7. The van der Waals surface area contributed by atoms with Gasteiger partial charge in [-0.1, -0.05) is 29.8 Å². The molecule has 0 N–H and O–H groups in total. The lowest BCUT2D eigenvalue weighted by atomic mass is 10.0. The maximum atomic E-state index is 5.95. The van der Waals surface area contributed by atoms with E-state index in [1.165, 1.54) is 27.8 Å². The van der Waals surface area contributed by atoms with Crippen molar-refractivity contribution in [1.29, 1.82) is 0 Å². The maximum absolute atomic E-state index is 5.95. The smallest absolute Gasteiger partial charge is 0.131 e. The molecule has 0 fully saturated rings. The fraction of sp³-hybridized carbons (Fsp3) is 0.200. The monoisotopic (exact) mass is 208 g/mol. The molecule has 0 aliphatic heterocycles. The first-order valence-electron chi connectivity index (χ1n) is 5.73. The van der Waals surface area contributed by atoms with E-state index in [0.717, 1.165) is 24.4 Å². The third-order valence-electron chi connectivity index (χ3n) is 3.58. The number of benzene rings is 1. The van der Waals surface area contributed by atoms with Gasteiger partial charge in [-0.05, 0) is 30.5 Å². The van der Waals surface area contributed by atoms with Crippen molar-refractivity contribution in [3.05, 3.63) is 52.5 Å². The summed E-state index contributed by atoms with van der Waals surface area (Å²) in [6.07, 6.45) is 4.20. The molecular formula is C15H12O. The highest BCUT2D eigenvalue weighted by Gasteiger charge is 2.29. The summed E-state index contributed by atoms with van der Waals surface area (Å²) in [5, 5.41) is 0. The maximum Gasteiger partial charge on any atom is 0.131 e. The van der Waals surface area contributed by atoms with E-state index in [1.807, 2.05) is 0 Å². The molecule has 16 heavy (non-hydrogen) atoms. The Hall–Kier alpha value is -1.76. The van der Waals surface area contributed by atoms with Crippen molar-refractivity contribution in [2.75, 3.05) is 0 Å². The van der Waals surface area contributed by atoms with E-state index in [1.54, 1.807) is 0 Å². The molecule has 0 spiro atoms. The van der Waals surface area contributed by atoms with E-state index < -0.39 is 0 Å². The molecule has 0 atom stereocenters. The summed E-state index contributed by atoms with van der Waals surface area (Å²) in [6, 6.07) is 8.63. The predicted octanol–water partition coefficient (Wildman–Crippen LogP) is 3.81. The fourth-order valence-corrected chi connectivity index (χ4v) is 2.91. The van der Waals surface area contributed by atoms with Gasteiger partial charge in [-0.15, -0.1) is 0 Å². The molecule has 0 unspecified atom stereocenters. The average Bonchev–Trinajstić information content (AvgIpc) is 2.85. The Labute approximate surface area is 94.4 Å². The van der Waals surface area contributed by atoms with E-state index >= 15 is 0 Å². The molecule has 1 aromatic heterocycles. The second-order valence-corrected chi connectivity index (χ2v) is 4.74. The quantitative estimate of drug-likeness (QED) is 0.547. The van der Waals surface area contributed by atoms with E-state index in [2.05, 4.69) is 37.3 Å². The zero-order valence-corrected chi connectivity index (χ0v) is 9.21. The molecule has 78 valence electrons. The summed E-state index contributed by atoms with van der Waals surface area (Å²) >= 11 is 0. The van der Waals surface area contributed by atoms with E-state index in [-0.39, 0.29) is 0 Å². The number of furan rings is 1. The van der Waals surface area contributed by atoms with Crippen LogP contribution in [0.15, 0.2) is 34.3 Å². The molecule has 2 aliphatic carbocycles. The largest absolute Gasteiger partial charge is 0.460 e. The SMILES string of the molecule is CC1=Cc2oc3c(c2C1)-c1ccccc1C3. The van der Waals surface area contributed by atoms with Gasteiger partial charge in [-0.3, -0.25) is 0 Å². The molecule has 1 nitrogen and oxygen atoms in total. The summed E-state index contributed by atoms with van der Waals surface area (Å²) in [4.78, 5) is 0. The molecule has 4 rings (SSSR count). The molecule has 0 radical (unpaired) electrons. The molecule has 2 aromatic rings. The predicted molar refractivity (Wildman–Crippen MR) is 64.3 cm³/mol. The first-order valence-corrected chi connectivity index (χ1v) is 5.73. The van der Waals surface area contributed by atoms with Gasteiger partial charge in [0.1, 0.15) is 11.5 Å². The second-order valence-electron chi connectivity index (χ2n) is 4.74. The number of fused-ring (bicyclic) bond motifs is 5. The van der Waals surface area contributed by atoms with Gasteiger partial charge >= 0.3 is 0 Å². The number of hydrogen-bond acceptors (Lipinski definition) is 1. The van der Waals surface area contributed by atoms with Crippen molar-refractivity contribution in [2.24, 2.45) is 0 Å². The average molecular weight is 208 g/mol. The summed E-state index contributed by atoms with van der Waals surface area (Å²) in [5.41, 5.74) is 6.96. The van der Waals surface area contributed by atoms with Gasteiger partial charge in [0.25, 0.3) is 0 Å². The second kappa shape index (κ2) is 2.67. The normalized spacial score (nSPS) is 15.7. The molecule has 1 heteroatoms. The van der Waals surface area contributed by atoms with Crippen LogP contribution in [0, 0.1) is 0 Å². The van der Waals surface area contributed by atoms with Gasteiger partial charge in [0.15, 0.2) is 0 Å². The van der Waals surface area contributed by atoms with Crippen molar-refractivity contribution in [2.45, 2.75) is 19.8 Å². The van der Waals surface area contributed by atoms with Gasteiger partial charge in [-0.25, -0.2) is 0 Å². The van der Waals surface area contributed by atoms with Crippen LogP contribution in [-0.4, -0.2) is 0 Å². The van der Waals surface area contributed by atoms with Crippen molar-refractivity contribution in [1.82, 2.24) is 0 Å². The van der Waals surface area contributed by atoms with Crippen molar-refractivity contribution < 1.29 is 4.42 Å². The van der Waals surface area contributed by atoms with Crippen LogP contribution in [0.3, 0.4) is 0 Å². The Morgan fingerprint density at radius 3 is 2.94 bits per heavy atom. The summed E-state index contributed by atoms with van der Waals surface area (Å²) in [6.45, 7) is 2.17. The molecule has 0 saturated heterocycles. The van der Waals surface area contributed by atoms with Crippen LogP contribution < -0.4 is 0 Å². The minimum absolute atomic E-state index is 0.964. The van der Waals surface area contributed by atoms with Crippen LogP contribution in [0.2, 0.25) is 0 Å². The third-order valence-corrected chi connectivity index (χ3v) is 3.58. The molecule has 0 amide bonds. The Kier molecular flexibility index (Phi) is 1.40. The van der Waals surface area contributed by atoms with Gasteiger partial charge in [0, 0.05) is 17.5 Å². The van der Waals surface area contributed by atoms with Crippen LogP contribution in [-0.2, 0) is 12.8 Å². The molecule has 1 aromatic carbocycles. The summed E-state index contributed by atoms with van der Waals surface area (Å²) in [7, 11) is 0. The third kappa shape index (κ3) is 0.909. The first kappa shape index (κ1) is 8.40. The molecule has 0 bridgehead atoms. The molecule has 2 aliphatic rings. The van der Waals surface area contributed by atoms with E-state index in [9.17, 15) is 0 Å². The highest BCUT2D eigenvalue weighted by molar-refractivity contribution is 5.82. The lowest BCUT2D eigenvalue weighted by Gasteiger charge is -2.00. The van der Waals surface area contributed by atoms with Crippen LogP contribution in [0.25, 0.3) is 17.2 Å². The first-order chi connectivity index (χ1) is 7.83. The van der Waals surface area contributed by atoms with Gasteiger partial charge in [0.2, 0.25) is 0 Å². The fourth-order valence-electron chi connectivity index (χ4n) is 2.91. The molecular weight excluding hydrogens is 196 g/mol.